The number of nitrogens with zero attached hydrogens (tertiary/aromatic N) is 3. The van der Waals surface area contributed by atoms with E-state index in [0.717, 1.165) is 59.7 Å². The number of phenols is 2. The van der Waals surface area contributed by atoms with E-state index >= 15 is 4.39 Å². The first-order valence-electron chi connectivity index (χ1n) is 17.1. The maximum Gasteiger partial charge on any atom is 0.255 e. The molecule has 3 aliphatic heterocycles. The molecule has 0 spiro atoms. The van der Waals surface area contributed by atoms with Crippen LogP contribution in [0.3, 0.4) is 0 Å². The third-order valence-corrected chi connectivity index (χ3v) is 10.2. The standard InChI is InChI=1S/C40H38ClFN4O5/c41-16-15-33(25-3-9-31(47)10-4-25)38(27-5-11-32(48)12-6-27)26-1-7-30(8-2-26)45-19-17-44(18-20-45)23-29-21-28-24-46(40(51)34(28)22-35(29)42)36-13-14-37(49)43-39(36)50/h1-12,21-22,36,47-48H,13-20,23-24H2,(H,43,49,50). The summed E-state index contributed by atoms with van der Waals surface area (Å²) in [5.74, 6) is -0.877. The highest BCUT2D eigenvalue weighted by Crippen LogP contribution is 2.37. The Kier molecular flexibility index (Phi) is 9.79. The Bertz CT molecular complexity index is 1990. The van der Waals surface area contributed by atoms with Crippen LogP contribution >= 0.6 is 11.6 Å². The zero-order valence-corrected chi connectivity index (χ0v) is 28.7. The Morgan fingerprint density at radius 1 is 0.824 bits per heavy atom. The van der Waals surface area contributed by atoms with Gasteiger partial charge < -0.3 is 20.0 Å². The van der Waals surface area contributed by atoms with Crippen molar-refractivity contribution >= 4 is 46.2 Å². The number of phenolic OH excluding ortho intramolecular Hbond substituents is 2. The van der Waals surface area contributed by atoms with Crippen LogP contribution in [0.2, 0.25) is 0 Å². The van der Waals surface area contributed by atoms with Gasteiger partial charge >= 0.3 is 0 Å². The lowest BCUT2D eigenvalue weighted by Crippen LogP contribution is -2.52. The lowest BCUT2D eigenvalue weighted by Gasteiger charge is -2.36. The fraction of sp³-hybridized carbons (Fsp3) is 0.275. The van der Waals surface area contributed by atoms with Crippen molar-refractivity contribution in [1.29, 1.82) is 0 Å². The van der Waals surface area contributed by atoms with E-state index in [1.165, 1.54) is 11.0 Å². The molecular formula is C40H38ClFN4O5. The van der Waals surface area contributed by atoms with Crippen molar-refractivity contribution in [1.82, 2.24) is 15.1 Å². The second-order valence-corrected chi connectivity index (χ2v) is 13.6. The minimum atomic E-state index is -0.737. The lowest BCUT2D eigenvalue weighted by atomic mass is 9.88. The van der Waals surface area contributed by atoms with Gasteiger partial charge in [0.05, 0.1) is 0 Å². The molecule has 1 unspecified atom stereocenters. The number of aromatic hydroxyl groups is 2. The Labute approximate surface area is 300 Å². The number of carbonyl (C=O) groups is 3. The maximum atomic E-state index is 15.3. The summed E-state index contributed by atoms with van der Waals surface area (Å²) in [6, 6.07) is 24.9. The molecule has 0 aliphatic carbocycles. The van der Waals surface area contributed by atoms with Crippen molar-refractivity contribution in [3.05, 3.63) is 124 Å². The van der Waals surface area contributed by atoms with E-state index in [9.17, 15) is 24.6 Å². The van der Waals surface area contributed by atoms with Gasteiger partial charge in [0, 0.05) is 68.4 Å². The molecule has 3 heterocycles. The summed E-state index contributed by atoms with van der Waals surface area (Å²) in [5.41, 5.74) is 7.47. The fourth-order valence-electron chi connectivity index (χ4n) is 7.32. The molecule has 0 bridgehead atoms. The molecule has 3 amide bonds. The van der Waals surface area contributed by atoms with Crippen LogP contribution < -0.4 is 10.2 Å². The van der Waals surface area contributed by atoms with Gasteiger partial charge in [-0.15, -0.1) is 11.6 Å². The summed E-state index contributed by atoms with van der Waals surface area (Å²) < 4.78 is 15.3. The van der Waals surface area contributed by atoms with Gasteiger partial charge in [0.15, 0.2) is 0 Å². The minimum absolute atomic E-state index is 0.167. The molecule has 2 fully saturated rings. The molecule has 2 saturated heterocycles. The number of rotatable bonds is 9. The molecule has 7 rings (SSSR count). The zero-order valence-electron chi connectivity index (χ0n) is 27.9. The van der Waals surface area contributed by atoms with Gasteiger partial charge in [0.1, 0.15) is 23.4 Å². The normalized spacial score (nSPS) is 18.5. The Balaban J connectivity index is 1.04. The third kappa shape index (κ3) is 7.20. The smallest absolute Gasteiger partial charge is 0.255 e. The zero-order chi connectivity index (χ0) is 35.6. The first-order chi connectivity index (χ1) is 24.7. The number of piperazine rings is 1. The van der Waals surface area contributed by atoms with Crippen molar-refractivity contribution in [2.45, 2.75) is 38.4 Å². The monoisotopic (exact) mass is 708 g/mol. The molecule has 11 heteroatoms. The molecule has 262 valence electrons. The Hall–Kier alpha value is -5.19. The first kappa shape index (κ1) is 34.3. The van der Waals surface area contributed by atoms with Crippen LogP contribution in [-0.4, -0.2) is 75.8 Å². The molecule has 0 aromatic heterocycles. The van der Waals surface area contributed by atoms with Crippen molar-refractivity contribution < 1.29 is 29.0 Å². The van der Waals surface area contributed by atoms with Crippen LogP contribution in [0, 0.1) is 5.82 Å². The van der Waals surface area contributed by atoms with Crippen LogP contribution in [0.15, 0.2) is 84.9 Å². The van der Waals surface area contributed by atoms with E-state index in [-0.39, 0.29) is 48.3 Å². The predicted molar refractivity (Wildman–Crippen MR) is 194 cm³/mol. The molecule has 9 nitrogen and oxygen atoms in total. The summed E-state index contributed by atoms with van der Waals surface area (Å²) in [6.07, 6.45) is 1.03. The highest BCUT2D eigenvalue weighted by atomic mass is 35.5. The van der Waals surface area contributed by atoms with Crippen LogP contribution in [0.25, 0.3) is 11.1 Å². The minimum Gasteiger partial charge on any atom is -0.508 e. The number of amides is 3. The van der Waals surface area contributed by atoms with Gasteiger partial charge in [-0.3, -0.25) is 24.6 Å². The first-order valence-corrected chi connectivity index (χ1v) is 17.6. The molecule has 1 atom stereocenters. The number of hydrogen-bond donors (Lipinski definition) is 3. The highest BCUT2D eigenvalue weighted by molar-refractivity contribution is 6.18. The molecule has 0 radical (unpaired) electrons. The number of carbonyl (C=O) groups excluding carboxylic acids is 3. The van der Waals surface area contributed by atoms with Crippen LogP contribution in [-0.2, 0) is 22.7 Å². The quantitative estimate of drug-likeness (QED) is 0.113. The number of anilines is 1. The number of fused-ring (bicyclic) bond motifs is 1. The van der Waals surface area contributed by atoms with Gasteiger partial charge in [0.2, 0.25) is 11.8 Å². The van der Waals surface area contributed by atoms with E-state index in [2.05, 4.69) is 39.4 Å². The van der Waals surface area contributed by atoms with E-state index in [1.807, 2.05) is 24.3 Å². The van der Waals surface area contributed by atoms with Gasteiger partial charge in [0.25, 0.3) is 5.91 Å². The number of nitrogens with one attached hydrogen (secondary N) is 1. The van der Waals surface area contributed by atoms with Crippen molar-refractivity contribution in [3.8, 4) is 11.5 Å². The molecule has 3 aliphatic rings. The van der Waals surface area contributed by atoms with Gasteiger partial charge in [-0.1, -0.05) is 36.4 Å². The fourth-order valence-corrected chi connectivity index (χ4v) is 7.51. The number of imide groups is 1. The van der Waals surface area contributed by atoms with Crippen molar-refractivity contribution in [2.24, 2.45) is 0 Å². The Morgan fingerprint density at radius 3 is 2.04 bits per heavy atom. The van der Waals surface area contributed by atoms with Crippen molar-refractivity contribution in [2.75, 3.05) is 37.0 Å². The average molecular weight is 709 g/mol. The lowest BCUT2D eigenvalue weighted by molar-refractivity contribution is -0.136. The Morgan fingerprint density at radius 2 is 1.43 bits per heavy atom. The molecule has 0 saturated carbocycles. The van der Waals surface area contributed by atoms with Crippen LogP contribution in [0.5, 0.6) is 11.5 Å². The van der Waals surface area contributed by atoms with Crippen LogP contribution in [0.1, 0.15) is 57.4 Å². The van der Waals surface area contributed by atoms with E-state index in [0.29, 0.717) is 30.0 Å². The molecular weight excluding hydrogens is 671 g/mol. The predicted octanol–water partition coefficient (Wildman–Crippen LogP) is 5.91. The topological polar surface area (TPSA) is 113 Å². The third-order valence-electron chi connectivity index (χ3n) is 10.00. The maximum absolute atomic E-state index is 15.3. The van der Waals surface area contributed by atoms with E-state index < -0.39 is 17.8 Å². The summed E-state index contributed by atoms with van der Waals surface area (Å²) >= 11 is 6.30. The van der Waals surface area contributed by atoms with Crippen LogP contribution in [0.4, 0.5) is 10.1 Å². The second kappa shape index (κ2) is 14.6. The number of allylic oxidation sites excluding steroid dienone is 1. The van der Waals surface area contributed by atoms with Crippen molar-refractivity contribution in [3.63, 3.8) is 0 Å². The largest absolute Gasteiger partial charge is 0.508 e. The summed E-state index contributed by atoms with van der Waals surface area (Å²) in [4.78, 5) is 43.0. The second-order valence-electron chi connectivity index (χ2n) is 13.2. The SMILES string of the molecule is O=C1CCC(N2Cc3cc(CN4CCN(c5ccc(C(=C(CCCl)c6ccc(O)cc6)c6ccc(O)cc6)cc5)CC4)c(F)cc3C2=O)C(=O)N1. The number of halogens is 2. The molecule has 4 aromatic rings. The van der Waals surface area contributed by atoms with Gasteiger partial charge in [-0.25, -0.2) is 4.39 Å². The molecule has 3 N–H and O–H groups in total. The van der Waals surface area contributed by atoms with Gasteiger partial charge in [-0.2, -0.15) is 0 Å². The van der Waals surface area contributed by atoms with E-state index in [4.69, 9.17) is 11.6 Å². The summed E-state index contributed by atoms with van der Waals surface area (Å²) in [5, 5.41) is 22.2. The summed E-state index contributed by atoms with van der Waals surface area (Å²) in [6.45, 7) is 3.56. The number of hydrogen-bond acceptors (Lipinski definition) is 7. The molecule has 4 aromatic carbocycles. The molecule has 51 heavy (non-hydrogen) atoms. The highest BCUT2D eigenvalue weighted by Gasteiger charge is 2.39. The average Bonchev–Trinajstić information content (AvgIpc) is 3.44. The van der Waals surface area contributed by atoms with Gasteiger partial charge in [-0.05, 0) is 94.8 Å². The number of alkyl halides is 1. The number of benzene rings is 4. The summed E-state index contributed by atoms with van der Waals surface area (Å²) in [7, 11) is 0. The number of piperidine rings is 1. The van der Waals surface area contributed by atoms with E-state index in [1.54, 1.807) is 30.3 Å².